The van der Waals surface area contributed by atoms with Gasteiger partial charge in [0.25, 0.3) is 0 Å². The number of likely N-dealkylation sites (tertiary alicyclic amines) is 1. The summed E-state index contributed by atoms with van der Waals surface area (Å²) < 4.78 is 38.9. The molecule has 25 heavy (non-hydrogen) atoms. The van der Waals surface area contributed by atoms with Crippen LogP contribution in [0.4, 0.5) is 23.7 Å². The van der Waals surface area contributed by atoms with Gasteiger partial charge in [0, 0.05) is 39.4 Å². The fourth-order valence-corrected chi connectivity index (χ4v) is 2.79. The molecule has 0 radical (unpaired) electrons. The molecule has 1 heterocycles. The number of hydrogen-bond donors (Lipinski definition) is 2. The number of aliphatic carboxylic acids is 1. The van der Waals surface area contributed by atoms with Gasteiger partial charge in [0.2, 0.25) is 0 Å². The Morgan fingerprint density at radius 1 is 1.32 bits per heavy atom. The van der Waals surface area contributed by atoms with Crippen LogP contribution in [0.3, 0.4) is 0 Å². The van der Waals surface area contributed by atoms with E-state index in [0.29, 0.717) is 0 Å². The molecule has 1 aromatic carbocycles. The van der Waals surface area contributed by atoms with Crippen molar-refractivity contribution in [2.45, 2.75) is 12.7 Å². The lowest BCUT2D eigenvalue weighted by Gasteiger charge is -2.19. The average molecular weight is 359 g/mol. The first-order valence-corrected chi connectivity index (χ1v) is 7.68. The van der Waals surface area contributed by atoms with E-state index in [1.54, 1.807) is 6.07 Å². The number of rotatable bonds is 4. The zero-order valence-corrected chi connectivity index (χ0v) is 13.9. The maximum atomic E-state index is 13.0. The normalized spacial score (nSPS) is 20.4. The van der Waals surface area contributed by atoms with E-state index in [4.69, 9.17) is 5.11 Å². The quantitative estimate of drug-likeness (QED) is 0.864. The zero-order chi connectivity index (χ0) is 18.8. The summed E-state index contributed by atoms with van der Waals surface area (Å²) in [7, 11) is 3.73. The Morgan fingerprint density at radius 3 is 2.52 bits per heavy atom. The monoisotopic (exact) mass is 359 g/mol. The summed E-state index contributed by atoms with van der Waals surface area (Å²) in [4.78, 5) is 26.0. The first-order valence-electron chi connectivity index (χ1n) is 7.68. The molecule has 1 aliphatic rings. The molecular weight excluding hydrogens is 339 g/mol. The van der Waals surface area contributed by atoms with Gasteiger partial charge < -0.3 is 20.2 Å². The Labute approximate surface area is 143 Å². The van der Waals surface area contributed by atoms with E-state index in [1.165, 1.54) is 0 Å². The smallest absolute Gasteiger partial charge is 0.394 e. The molecule has 2 N–H and O–H groups in total. The first kappa shape index (κ1) is 18.9. The molecule has 6 nitrogen and oxygen atoms in total. The van der Waals surface area contributed by atoms with Crippen LogP contribution in [-0.4, -0.2) is 55.4 Å². The Hall–Kier alpha value is -2.45. The molecule has 0 aliphatic carbocycles. The van der Waals surface area contributed by atoms with Gasteiger partial charge in [-0.25, -0.2) is 4.79 Å². The van der Waals surface area contributed by atoms with Crippen molar-refractivity contribution in [3.63, 3.8) is 0 Å². The van der Waals surface area contributed by atoms with Gasteiger partial charge in [-0.05, 0) is 17.7 Å². The number of hydrogen-bond acceptors (Lipinski definition) is 3. The van der Waals surface area contributed by atoms with Crippen LogP contribution in [0.2, 0.25) is 0 Å². The molecular formula is C16H20F3N3O3. The second-order valence-corrected chi connectivity index (χ2v) is 6.22. The van der Waals surface area contributed by atoms with E-state index in [0.717, 1.165) is 16.2 Å². The summed E-state index contributed by atoms with van der Waals surface area (Å²) in [5, 5.41) is 11.5. The van der Waals surface area contributed by atoms with Crippen LogP contribution in [0.5, 0.6) is 0 Å². The van der Waals surface area contributed by atoms with Crippen molar-refractivity contribution < 1.29 is 27.9 Å². The van der Waals surface area contributed by atoms with Gasteiger partial charge in [0.1, 0.15) is 0 Å². The standard InChI is InChI=1S/C16H20F3N3O3/c1-21(2)11-5-3-4-10(6-11)7-20-15(25)22-8-12(14(23)24)13(9-22)16(17,18)19/h3-6,12-13H,7-9H2,1-2H3,(H,20,25)(H,23,24)/t12-,13-/m1/s1. The second-order valence-electron chi connectivity index (χ2n) is 6.22. The molecule has 2 amide bonds. The Morgan fingerprint density at radius 2 is 2.00 bits per heavy atom. The maximum absolute atomic E-state index is 13.0. The number of carbonyl (C=O) groups is 2. The summed E-state index contributed by atoms with van der Waals surface area (Å²) in [6, 6.07) is 6.64. The zero-order valence-electron chi connectivity index (χ0n) is 13.9. The molecule has 138 valence electrons. The number of nitrogens with zero attached hydrogens (tertiary/aromatic N) is 2. The summed E-state index contributed by atoms with van der Waals surface area (Å²) in [6.45, 7) is -0.960. The molecule has 2 rings (SSSR count). The van der Waals surface area contributed by atoms with Crippen molar-refractivity contribution >= 4 is 17.7 Å². The van der Waals surface area contributed by atoms with Gasteiger partial charge in [-0.3, -0.25) is 4.79 Å². The number of alkyl halides is 3. The van der Waals surface area contributed by atoms with Crippen LogP contribution in [0.15, 0.2) is 24.3 Å². The Kier molecular flexibility index (Phi) is 5.44. The van der Waals surface area contributed by atoms with Gasteiger partial charge >= 0.3 is 18.2 Å². The number of amides is 2. The van der Waals surface area contributed by atoms with Gasteiger partial charge in [-0.1, -0.05) is 12.1 Å². The fourth-order valence-electron chi connectivity index (χ4n) is 2.79. The van der Waals surface area contributed by atoms with Crippen LogP contribution in [0.25, 0.3) is 0 Å². The number of benzene rings is 1. The minimum Gasteiger partial charge on any atom is -0.481 e. The molecule has 1 fully saturated rings. The van der Waals surface area contributed by atoms with E-state index >= 15 is 0 Å². The third-order valence-corrected chi connectivity index (χ3v) is 4.22. The van der Waals surface area contributed by atoms with Crippen molar-refractivity contribution in [2.24, 2.45) is 11.8 Å². The molecule has 0 unspecified atom stereocenters. The third kappa shape index (κ3) is 4.55. The van der Waals surface area contributed by atoms with Crippen LogP contribution in [0.1, 0.15) is 5.56 Å². The first-order chi connectivity index (χ1) is 11.6. The summed E-state index contributed by atoms with van der Waals surface area (Å²) in [6.07, 6.45) is -4.65. The van der Waals surface area contributed by atoms with Gasteiger partial charge in [-0.15, -0.1) is 0 Å². The molecule has 0 spiro atoms. The van der Waals surface area contributed by atoms with E-state index in [9.17, 15) is 22.8 Å². The molecule has 0 saturated carbocycles. The second kappa shape index (κ2) is 7.20. The van der Waals surface area contributed by atoms with Crippen molar-refractivity contribution in [3.05, 3.63) is 29.8 Å². The highest BCUT2D eigenvalue weighted by Gasteiger charge is 2.53. The lowest BCUT2D eigenvalue weighted by Crippen LogP contribution is -2.39. The number of carboxylic acid groups (broad SMARTS) is 1. The lowest BCUT2D eigenvalue weighted by molar-refractivity contribution is -0.187. The minimum atomic E-state index is -4.65. The highest BCUT2D eigenvalue weighted by Crippen LogP contribution is 2.37. The molecule has 1 aromatic rings. The predicted octanol–water partition coefficient (Wildman–Crippen LogP) is 2.16. The van der Waals surface area contributed by atoms with Gasteiger partial charge in [-0.2, -0.15) is 13.2 Å². The highest BCUT2D eigenvalue weighted by atomic mass is 19.4. The van der Waals surface area contributed by atoms with E-state index in [2.05, 4.69) is 5.32 Å². The highest BCUT2D eigenvalue weighted by molar-refractivity contribution is 5.77. The molecule has 1 aliphatic heterocycles. The van der Waals surface area contributed by atoms with Gasteiger partial charge in [0.05, 0.1) is 11.8 Å². The maximum Gasteiger partial charge on any atom is 0.394 e. The van der Waals surface area contributed by atoms with E-state index in [-0.39, 0.29) is 6.54 Å². The molecule has 0 bridgehead atoms. The van der Waals surface area contributed by atoms with Gasteiger partial charge in [0.15, 0.2) is 0 Å². The van der Waals surface area contributed by atoms with Crippen molar-refractivity contribution in [3.8, 4) is 0 Å². The third-order valence-electron chi connectivity index (χ3n) is 4.22. The summed E-state index contributed by atoms with van der Waals surface area (Å²) >= 11 is 0. The van der Waals surface area contributed by atoms with Crippen LogP contribution in [-0.2, 0) is 11.3 Å². The number of carboxylic acids is 1. The molecule has 1 saturated heterocycles. The summed E-state index contributed by atoms with van der Waals surface area (Å²) in [5.74, 6) is -5.23. The predicted molar refractivity (Wildman–Crippen MR) is 85.2 cm³/mol. The minimum absolute atomic E-state index is 0.144. The average Bonchev–Trinajstić information content (AvgIpc) is 2.99. The SMILES string of the molecule is CN(C)c1cccc(CNC(=O)N2C[C@@H](C(F)(F)F)[C@H](C(=O)O)C2)c1. The Bertz CT molecular complexity index is 649. The number of nitrogens with one attached hydrogen (secondary N) is 1. The van der Waals surface area contributed by atoms with Crippen LogP contribution in [0, 0.1) is 11.8 Å². The molecule has 9 heteroatoms. The number of carbonyl (C=O) groups excluding carboxylic acids is 1. The Balaban J connectivity index is 1.99. The molecule has 2 atom stereocenters. The number of halogens is 3. The topological polar surface area (TPSA) is 72.9 Å². The van der Waals surface area contributed by atoms with Crippen molar-refractivity contribution in [1.29, 1.82) is 0 Å². The van der Waals surface area contributed by atoms with E-state index < -0.39 is 43.1 Å². The summed E-state index contributed by atoms with van der Waals surface area (Å²) in [5.41, 5.74) is 1.72. The van der Waals surface area contributed by atoms with Crippen LogP contribution >= 0.6 is 0 Å². The van der Waals surface area contributed by atoms with E-state index in [1.807, 2.05) is 37.2 Å². The van der Waals surface area contributed by atoms with Crippen LogP contribution < -0.4 is 10.2 Å². The van der Waals surface area contributed by atoms with Crippen molar-refractivity contribution in [1.82, 2.24) is 10.2 Å². The largest absolute Gasteiger partial charge is 0.481 e. The van der Waals surface area contributed by atoms with Crippen molar-refractivity contribution in [2.75, 3.05) is 32.1 Å². The molecule has 0 aromatic heterocycles. The lowest BCUT2D eigenvalue weighted by atomic mass is 9.96. The fraction of sp³-hybridized carbons (Fsp3) is 0.500. The number of anilines is 1. The number of urea groups is 1.